The van der Waals surface area contributed by atoms with Gasteiger partial charge in [0.2, 0.25) is 0 Å². The summed E-state index contributed by atoms with van der Waals surface area (Å²) in [4.78, 5) is 23.7. The van der Waals surface area contributed by atoms with Crippen LogP contribution in [0.25, 0.3) is 0 Å². The first kappa shape index (κ1) is 26.3. The van der Waals surface area contributed by atoms with Crippen LogP contribution in [0.15, 0.2) is 0 Å². The van der Waals surface area contributed by atoms with E-state index in [0.717, 1.165) is 25.7 Å². The van der Waals surface area contributed by atoms with E-state index >= 15 is 0 Å². The van der Waals surface area contributed by atoms with Gasteiger partial charge in [-0.2, -0.15) is 12.6 Å². The number of hydrogen-bond acceptors (Lipinski definition) is 5. The third kappa shape index (κ3) is 18.4. The predicted molar refractivity (Wildman–Crippen MR) is 115 cm³/mol. The van der Waals surface area contributed by atoms with Gasteiger partial charge in [0, 0.05) is 18.6 Å². The van der Waals surface area contributed by atoms with E-state index in [-0.39, 0.29) is 18.5 Å². The number of esters is 2. The molecule has 0 aromatic carbocycles. The van der Waals surface area contributed by atoms with Crippen molar-refractivity contribution in [1.29, 1.82) is 0 Å². The zero-order valence-electron chi connectivity index (χ0n) is 17.7. The molecule has 0 aromatic rings. The molecule has 4 nitrogen and oxygen atoms in total. The van der Waals surface area contributed by atoms with E-state index in [2.05, 4.69) is 26.5 Å². The molecule has 0 saturated heterocycles. The van der Waals surface area contributed by atoms with E-state index < -0.39 is 6.10 Å². The van der Waals surface area contributed by atoms with E-state index in [0.29, 0.717) is 18.6 Å². The largest absolute Gasteiger partial charge is 0.462 e. The second-order valence-corrected chi connectivity index (χ2v) is 7.73. The van der Waals surface area contributed by atoms with Crippen LogP contribution in [0.1, 0.15) is 110 Å². The van der Waals surface area contributed by atoms with Gasteiger partial charge >= 0.3 is 11.9 Å². The number of unbranched alkanes of at least 4 members (excludes halogenated alkanes) is 11. The molecule has 0 bridgehead atoms. The Morgan fingerprint density at radius 1 is 0.704 bits per heavy atom. The van der Waals surface area contributed by atoms with Crippen LogP contribution in [0.4, 0.5) is 0 Å². The highest BCUT2D eigenvalue weighted by Crippen LogP contribution is 2.11. The van der Waals surface area contributed by atoms with Crippen LogP contribution in [-0.2, 0) is 19.1 Å². The van der Waals surface area contributed by atoms with E-state index in [1.165, 1.54) is 57.8 Å². The van der Waals surface area contributed by atoms with E-state index in [1.807, 2.05) is 0 Å². The molecule has 0 aliphatic carbocycles. The topological polar surface area (TPSA) is 52.6 Å². The molecule has 0 saturated carbocycles. The van der Waals surface area contributed by atoms with Gasteiger partial charge in [-0.1, -0.05) is 84.5 Å². The molecule has 0 rings (SSSR count). The van der Waals surface area contributed by atoms with Crippen molar-refractivity contribution in [2.24, 2.45) is 0 Å². The summed E-state index contributed by atoms with van der Waals surface area (Å²) in [5.74, 6) is -0.0532. The molecule has 0 aliphatic heterocycles. The van der Waals surface area contributed by atoms with Crippen LogP contribution in [0.5, 0.6) is 0 Å². The standard InChI is InChI=1S/C22H42O4S/c1-3-5-7-9-11-13-15-17-22(24)26-20(19-27)18-25-21(23)16-14-12-10-8-6-4-2/h20,27H,3-19H2,1-2H3/t20-/m1/s1. The van der Waals surface area contributed by atoms with Crippen molar-refractivity contribution in [2.75, 3.05) is 12.4 Å². The maximum Gasteiger partial charge on any atom is 0.306 e. The lowest BCUT2D eigenvalue weighted by Gasteiger charge is -2.16. The van der Waals surface area contributed by atoms with Gasteiger partial charge in [0.15, 0.2) is 0 Å². The molecule has 0 spiro atoms. The lowest BCUT2D eigenvalue weighted by atomic mass is 10.1. The molecule has 0 fully saturated rings. The molecule has 0 unspecified atom stereocenters. The Labute approximate surface area is 172 Å². The highest BCUT2D eigenvalue weighted by atomic mass is 32.1. The van der Waals surface area contributed by atoms with E-state index in [1.54, 1.807) is 0 Å². The number of carbonyl (C=O) groups is 2. The fraction of sp³-hybridized carbons (Fsp3) is 0.909. The van der Waals surface area contributed by atoms with Gasteiger partial charge in [-0.3, -0.25) is 9.59 Å². The summed E-state index contributed by atoms with van der Waals surface area (Å²) in [7, 11) is 0. The minimum atomic E-state index is -0.445. The summed E-state index contributed by atoms with van der Waals surface area (Å²) in [5.41, 5.74) is 0. The van der Waals surface area contributed by atoms with E-state index in [9.17, 15) is 9.59 Å². The summed E-state index contributed by atoms with van der Waals surface area (Å²) in [5, 5.41) is 0. The SMILES string of the molecule is CCCCCCCCCC(=O)O[C@@H](CS)COC(=O)CCCCCCCC. The minimum absolute atomic E-state index is 0.112. The molecule has 0 aliphatic rings. The fourth-order valence-electron chi connectivity index (χ4n) is 2.90. The van der Waals surface area contributed by atoms with Crippen LogP contribution in [0.2, 0.25) is 0 Å². The number of thiol groups is 1. The second kappa shape index (κ2) is 20.0. The lowest BCUT2D eigenvalue weighted by molar-refractivity contribution is -0.157. The lowest BCUT2D eigenvalue weighted by Crippen LogP contribution is -2.26. The number of rotatable bonds is 19. The van der Waals surface area contributed by atoms with Gasteiger partial charge in [-0.25, -0.2) is 0 Å². The Kier molecular flexibility index (Phi) is 19.5. The zero-order chi connectivity index (χ0) is 20.2. The Hall–Kier alpha value is -0.710. The molecule has 1 atom stereocenters. The van der Waals surface area contributed by atoms with Gasteiger partial charge in [0.05, 0.1) is 0 Å². The molecule has 0 heterocycles. The summed E-state index contributed by atoms with van der Waals surface area (Å²) in [6.45, 7) is 4.51. The van der Waals surface area contributed by atoms with Crippen molar-refractivity contribution in [3.63, 3.8) is 0 Å². The average Bonchev–Trinajstić information content (AvgIpc) is 2.67. The van der Waals surface area contributed by atoms with Gasteiger partial charge in [-0.15, -0.1) is 0 Å². The van der Waals surface area contributed by atoms with Crippen molar-refractivity contribution >= 4 is 24.6 Å². The van der Waals surface area contributed by atoms with Crippen molar-refractivity contribution in [2.45, 2.75) is 116 Å². The van der Waals surface area contributed by atoms with Gasteiger partial charge in [0.1, 0.15) is 12.7 Å². The molecule has 0 aromatic heterocycles. The highest BCUT2D eigenvalue weighted by Gasteiger charge is 2.15. The predicted octanol–water partition coefficient (Wildman–Crippen LogP) is 6.26. The molecular weight excluding hydrogens is 360 g/mol. The van der Waals surface area contributed by atoms with Crippen molar-refractivity contribution in [1.82, 2.24) is 0 Å². The zero-order valence-corrected chi connectivity index (χ0v) is 18.6. The normalized spacial score (nSPS) is 12.0. The van der Waals surface area contributed by atoms with Crippen LogP contribution in [-0.4, -0.2) is 30.4 Å². The molecule has 0 N–H and O–H groups in total. The van der Waals surface area contributed by atoms with Gasteiger partial charge < -0.3 is 9.47 Å². The summed E-state index contributed by atoms with van der Waals surface area (Å²) >= 11 is 4.20. The quantitative estimate of drug-likeness (QED) is 0.157. The molecule has 160 valence electrons. The number of ether oxygens (including phenoxy) is 2. The van der Waals surface area contributed by atoms with Crippen LogP contribution >= 0.6 is 12.6 Å². The highest BCUT2D eigenvalue weighted by molar-refractivity contribution is 7.80. The van der Waals surface area contributed by atoms with Crippen molar-refractivity contribution in [3.05, 3.63) is 0 Å². The van der Waals surface area contributed by atoms with Crippen LogP contribution in [0.3, 0.4) is 0 Å². The van der Waals surface area contributed by atoms with Gasteiger partial charge in [0.25, 0.3) is 0 Å². The Bertz CT molecular complexity index is 360. The molecular formula is C22H42O4S. The molecule has 5 heteroatoms. The van der Waals surface area contributed by atoms with E-state index in [4.69, 9.17) is 9.47 Å². The summed E-state index contributed by atoms with van der Waals surface area (Å²) in [6, 6.07) is 0. The maximum atomic E-state index is 11.9. The first-order valence-corrected chi connectivity index (χ1v) is 11.7. The fourth-order valence-corrected chi connectivity index (χ4v) is 3.08. The second-order valence-electron chi connectivity index (χ2n) is 7.37. The number of hydrogen-bond donors (Lipinski definition) is 1. The monoisotopic (exact) mass is 402 g/mol. The van der Waals surface area contributed by atoms with Crippen molar-refractivity contribution in [3.8, 4) is 0 Å². The first-order valence-electron chi connectivity index (χ1n) is 11.1. The summed E-state index contributed by atoms with van der Waals surface area (Å²) in [6.07, 6.45) is 15.5. The third-order valence-electron chi connectivity index (χ3n) is 4.65. The third-order valence-corrected chi connectivity index (χ3v) is 5.06. The molecule has 0 amide bonds. The van der Waals surface area contributed by atoms with Crippen molar-refractivity contribution < 1.29 is 19.1 Å². The molecule has 27 heavy (non-hydrogen) atoms. The smallest absolute Gasteiger partial charge is 0.306 e. The molecule has 0 radical (unpaired) electrons. The number of carbonyl (C=O) groups excluding carboxylic acids is 2. The minimum Gasteiger partial charge on any atom is -0.462 e. The average molecular weight is 403 g/mol. The summed E-state index contributed by atoms with van der Waals surface area (Å²) < 4.78 is 10.6. The Morgan fingerprint density at radius 2 is 1.15 bits per heavy atom. The Morgan fingerprint density at radius 3 is 1.63 bits per heavy atom. The van der Waals surface area contributed by atoms with Gasteiger partial charge in [-0.05, 0) is 12.8 Å². The van der Waals surface area contributed by atoms with Crippen LogP contribution in [0, 0.1) is 0 Å². The van der Waals surface area contributed by atoms with Crippen LogP contribution < -0.4 is 0 Å². The Balaban J connectivity index is 3.68. The maximum absolute atomic E-state index is 11.9. The first-order chi connectivity index (χ1) is 13.1.